The topological polar surface area (TPSA) is 22.1 Å². The number of ether oxygens (including phenoxy) is 1. The zero-order valence-corrected chi connectivity index (χ0v) is 8.21. The maximum atomic E-state index is 5.10. The second kappa shape index (κ2) is 3.36. The van der Waals surface area contributed by atoms with Crippen LogP contribution in [0, 0.1) is 12.8 Å². The molecule has 0 amide bonds. The number of methoxy groups -OCH3 is 1. The minimum absolute atomic E-state index is 0.737. The zero-order chi connectivity index (χ0) is 9.26. The van der Waals surface area contributed by atoms with Crippen molar-refractivity contribution >= 4 is 0 Å². The quantitative estimate of drug-likeness (QED) is 0.707. The van der Waals surface area contributed by atoms with E-state index in [1.54, 1.807) is 7.11 Å². The smallest absolute Gasteiger partial charge is 0.213 e. The lowest BCUT2D eigenvalue weighted by atomic mass is 10.1. The van der Waals surface area contributed by atoms with Gasteiger partial charge in [-0.2, -0.15) is 0 Å². The van der Waals surface area contributed by atoms with Crippen LogP contribution in [-0.4, -0.2) is 12.1 Å². The molecule has 1 aromatic rings. The molecule has 2 nitrogen and oxygen atoms in total. The van der Waals surface area contributed by atoms with Gasteiger partial charge >= 0.3 is 0 Å². The molecule has 0 spiro atoms. The lowest BCUT2D eigenvalue weighted by Gasteiger charge is -2.05. The molecule has 0 aliphatic heterocycles. The molecular formula is C11H15NO. The van der Waals surface area contributed by atoms with Crippen molar-refractivity contribution in [3.05, 3.63) is 23.4 Å². The summed E-state index contributed by atoms with van der Waals surface area (Å²) in [5.74, 6) is 1.62. The molecule has 1 fully saturated rings. The lowest BCUT2D eigenvalue weighted by molar-refractivity contribution is 0.395. The van der Waals surface area contributed by atoms with Crippen LogP contribution < -0.4 is 4.74 Å². The summed E-state index contributed by atoms with van der Waals surface area (Å²) >= 11 is 0. The van der Waals surface area contributed by atoms with Crippen molar-refractivity contribution in [2.24, 2.45) is 5.92 Å². The molecule has 0 saturated heterocycles. The molecular weight excluding hydrogens is 162 g/mol. The van der Waals surface area contributed by atoms with Crippen LogP contribution in [0.2, 0.25) is 0 Å². The minimum atomic E-state index is 0.737. The summed E-state index contributed by atoms with van der Waals surface area (Å²) in [5, 5.41) is 0. The van der Waals surface area contributed by atoms with Crippen molar-refractivity contribution in [2.75, 3.05) is 7.11 Å². The Morgan fingerprint density at radius 1 is 1.46 bits per heavy atom. The summed E-state index contributed by atoms with van der Waals surface area (Å²) in [7, 11) is 1.67. The van der Waals surface area contributed by atoms with Crippen LogP contribution in [0.5, 0.6) is 5.88 Å². The van der Waals surface area contributed by atoms with E-state index < -0.39 is 0 Å². The standard InChI is InChI=1S/C11H15NO/c1-8-3-6-11(13-2)12-10(8)7-9-4-5-9/h3,6,9H,4-5,7H2,1-2H3. The van der Waals surface area contributed by atoms with Crippen LogP contribution >= 0.6 is 0 Å². The van der Waals surface area contributed by atoms with Crippen LogP contribution in [0.1, 0.15) is 24.1 Å². The second-order valence-electron chi connectivity index (χ2n) is 3.76. The first-order valence-corrected chi connectivity index (χ1v) is 4.80. The fraction of sp³-hybridized carbons (Fsp3) is 0.545. The van der Waals surface area contributed by atoms with E-state index in [4.69, 9.17) is 4.74 Å². The van der Waals surface area contributed by atoms with Gasteiger partial charge in [-0.25, -0.2) is 4.98 Å². The molecule has 0 atom stereocenters. The van der Waals surface area contributed by atoms with E-state index in [9.17, 15) is 0 Å². The van der Waals surface area contributed by atoms with Crippen LogP contribution in [0.3, 0.4) is 0 Å². The Balaban J connectivity index is 2.19. The Bertz CT molecular complexity index is 305. The van der Waals surface area contributed by atoms with E-state index in [1.165, 1.54) is 24.1 Å². The molecule has 13 heavy (non-hydrogen) atoms. The highest BCUT2D eigenvalue weighted by Crippen LogP contribution is 2.33. The molecule has 1 aliphatic carbocycles. The third kappa shape index (κ3) is 2.00. The zero-order valence-electron chi connectivity index (χ0n) is 8.21. The average molecular weight is 177 g/mol. The predicted molar refractivity (Wildman–Crippen MR) is 52.0 cm³/mol. The van der Waals surface area contributed by atoms with Gasteiger partial charge in [-0.05, 0) is 37.7 Å². The van der Waals surface area contributed by atoms with Gasteiger partial charge in [-0.1, -0.05) is 6.07 Å². The predicted octanol–water partition coefficient (Wildman–Crippen LogP) is 2.35. The maximum absolute atomic E-state index is 5.10. The first-order chi connectivity index (χ1) is 6.29. The minimum Gasteiger partial charge on any atom is -0.481 e. The molecule has 1 aliphatic rings. The number of rotatable bonds is 3. The van der Waals surface area contributed by atoms with E-state index in [0.29, 0.717) is 0 Å². The second-order valence-corrected chi connectivity index (χ2v) is 3.76. The van der Waals surface area contributed by atoms with Crippen molar-refractivity contribution in [1.29, 1.82) is 0 Å². The molecule has 2 heteroatoms. The number of nitrogens with zero attached hydrogens (tertiary/aromatic N) is 1. The molecule has 0 bridgehead atoms. The molecule has 1 heterocycles. The normalized spacial score (nSPS) is 15.8. The molecule has 0 unspecified atom stereocenters. The van der Waals surface area contributed by atoms with E-state index >= 15 is 0 Å². The Labute approximate surface area is 78.9 Å². The molecule has 1 saturated carbocycles. The van der Waals surface area contributed by atoms with E-state index in [0.717, 1.165) is 18.2 Å². The molecule has 2 rings (SSSR count). The fourth-order valence-corrected chi connectivity index (χ4v) is 1.47. The van der Waals surface area contributed by atoms with E-state index in [-0.39, 0.29) is 0 Å². The summed E-state index contributed by atoms with van der Waals surface area (Å²) < 4.78 is 5.10. The van der Waals surface area contributed by atoms with Crippen LogP contribution in [-0.2, 0) is 6.42 Å². The number of aryl methyl sites for hydroxylation is 1. The highest BCUT2D eigenvalue weighted by atomic mass is 16.5. The van der Waals surface area contributed by atoms with Gasteiger partial charge in [0.2, 0.25) is 5.88 Å². The Kier molecular flexibility index (Phi) is 2.21. The summed E-state index contributed by atoms with van der Waals surface area (Å²) in [6.45, 7) is 2.12. The monoisotopic (exact) mass is 177 g/mol. The summed E-state index contributed by atoms with van der Waals surface area (Å²) in [4.78, 5) is 4.45. The largest absolute Gasteiger partial charge is 0.481 e. The summed E-state index contributed by atoms with van der Waals surface area (Å²) in [5.41, 5.74) is 2.49. The average Bonchev–Trinajstić information content (AvgIpc) is 2.93. The third-order valence-electron chi connectivity index (χ3n) is 2.56. The van der Waals surface area contributed by atoms with Gasteiger partial charge in [0, 0.05) is 11.8 Å². The van der Waals surface area contributed by atoms with Crippen LogP contribution in [0.15, 0.2) is 12.1 Å². The van der Waals surface area contributed by atoms with Crippen molar-refractivity contribution in [3.63, 3.8) is 0 Å². The number of pyridine rings is 1. The van der Waals surface area contributed by atoms with Crippen molar-refractivity contribution < 1.29 is 4.74 Å². The Hall–Kier alpha value is -1.05. The number of aromatic nitrogens is 1. The first-order valence-electron chi connectivity index (χ1n) is 4.80. The summed E-state index contributed by atoms with van der Waals surface area (Å²) in [6.07, 6.45) is 3.87. The lowest BCUT2D eigenvalue weighted by Crippen LogP contribution is -1.98. The van der Waals surface area contributed by atoms with Crippen molar-refractivity contribution in [2.45, 2.75) is 26.2 Å². The van der Waals surface area contributed by atoms with Gasteiger partial charge in [0.05, 0.1) is 7.11 Å². The van der Waals surface area contributed by atoms with Crippen LogP contribution in [0.4, 0.5) is 0 Å². The van der Waals surface area contributed by atoms with Gasteiger partial charge in [-0.3, -0.25) is 0 Å². The molecule has 70 valence electrons. The van der Waals surface area contributed by atoms with Gasteiger partial charge in [0.25, 0.3) is 0 Å². The maximum Gasteiger partial charge on any atom is 0.213 e. The Morgan fingerprint density at radius 2 is 2.23 bits per heavy atom. The molecule has 0 N–H and O–H groups in total. The van der Waals surface area contributed by atoms with Gasteiger partial charge < -0.3 is 4.74 Å². The first kappa shape index (κ1) is 8.54. The highest BCUT2D eigenvalue weighted by molar-refractivity contribution is 5.25. The van der Waals surface area contributed by atoms with Gasteiger partial charge in [0.1, 0.15) is 0 Å². The van der Waals surface area contributed by atoms with Gasteiger partial charge in [0.15, 0.2) is 0 Å². The van der Waals surface area contributed by atoms with Crippen LogP contribution in [0.25, 0.3) is 0 Å². The molecule has 0 radical (unpaired) electrons. The summed E-state index contributed by atoms with van der Waals surface area (Å²) in [6, 6.07) is 4.01. The molecule has 0 aromatic carbocycles. The number of hydrogen-bond acceptors (Lipinski definition) is 2. The third-order valence-corrected chi connectivity index (χ3v) is 2.56. The highest BCUT2D eigenvalue weighted by Gasteiger charge is 2.22. The van der Waals surface area contributed by atoms with Crippen molar-refractivity contribution in [3.8, 4) is 5.88 Å². The Morgan fingerprint density at radius 3 is 2.85 bits per heavy atom. The molecule has 1 aromatic heterocycles. The number of hydrogen-bond donors (Lipinski definition) is 0. The van der Waals surface area contributed by atoms with Crippen molar-refractivity contribution in [1.82, 2.24) is 4.98 Å². The van der Waals surface area contributed by atoms with E-state index in [2.05, 4.69) is 18.0 Å². The van der Waals surface area contributed by atoms with Gasteiger partial charge in [-0.15, -0.1) is 0 Å². The fourth-order valence-electron chi connectivity index (χ4n) is 1.47. The SMILES string of the molecule is COc1ccc(C)c(CC2CC2)n1. The van der Waals surface area contributed by atoms with E-state index in [1.807, 2.05) is 6.07 Å².